The molecule has 0 aromatic heterocycles. The minimum absolute atomic E-state index is 0.207. The average Bonchev–Trinajstić information content (AvgIpc) is 2.43. The highest BCUT2D eigenvalue weighted by Crippen LogP contribution is 2.25. The van der Waals surface area contributed by atoms with Gasteiger partial charge < -0.3 is 15.7 Å². The van der Waals surface area contributed by atoms with Crippen LogP contribution in [0.15, 0.2) is 12.1 Å². The van der Waals surface area contributed by atoms with Crippen molar-refractivity contribution in [3.8, 4) is 0 Å². The molecule has 2 atom stereocenters. The Bertz CT molecular complexity index is 496. The number of hydrogen-bond donors (Lipinski definition) is 2. The highest BCUT2D eigenvalue weighted by atomic mass is 19.1. The number of anilines is 1. The highest BCUT2D eigenvalue weighted by molar-refractivity contribution is 5.95. The van der Waals surface area contributed by atoms with E-state index in [9.17, 15) is 14.3 Å². The number of amides is 1. The molecule has 0 aliphatic heterocycles. The zero-order chi connectivity index (χ0) is 14.9. The van der Waals surface area contributed by atoms with Crippen LogP contribution in [0.4, 0.5) is 10.1 Å². The molecule has 1 aliphatic rings. The van der Waals surface area contributed by atoms with Crippen molar-refractivity contribution in [2.75, 3.05) is 12.8 Å². The molecule has 2 unspecified atom stereocenters. The number of halogens is 1. The van der Waals surface area contributed by atoms with Crippen LogP contribution in [0.3, 0.4) is 0 Å². The van der Waals surface area contributed by atoms with Crippen LogP contribution < -0.4 is 5.73 Å². The van der Waals surface area contributed by atoms with Gasteiger partial charge in [-0.2, -0.15) is 0 Å². The molecule has 1 amide bonds. The van der Waals surface area contributed by atoms with Gasteiger partial charge in [0.1, 0.15) is 5.82 Å². The number of hydrogen-bond acceptors (Lipinski definition) is 3. The van der Waals surface area contributed by atoms with Crippen molar-refractivity contribution < 1.29 is 14.3 Å². The third kappa shape index (κ3) is 2.77. The van der Waals surface area contributed by atoms with E-state index in [1.807, 2.05) is 0 Å². The fraction of sp³-hybridized carbons (Fsp3) is 0.533. The van der Waals surface area contributed by atoms with Gasteiger partial charge in [0.2, 0.25) is 0 Å². The molecule has 1 saturated carbocycles. The van der Waals surface area contributed by atoms with Crippen LogP contribution in [0.2, 0.25) is 0 Å². The third-order valence-corrected chi connectivity index (χ3v) is 4.14. The average molecular weight is 280 g/mol. The number of likely N-dealkylation sites (N-methyl/N-ethyl adjacent to an activating group) is 1. The van der Waals surface area contributed by atoms with Crippen LogP contribution in [0.1, 0.15) is 41.6 Å². The molecule has 1 aromatic rings. The maximum Gasteiger partial charge on any atom is 0.254 e. The number of carbonyl (C=O) groups excluding carboxylic acids is 1. The maximum atomic E-state index is 13.7. The Morgan fingerprint density at radius 1 is 1.40 bits per heavy atom. The number of benzene rings is 1. The van der Waals surface area contributed by atoms with Gasteiger partial charge in [-0.05, 0) is 31.9 Å². The topological polar surface area (TPSA) is 66.6 Å². The van der Waals surface area contributed by atoms with Crippen molar-refractivity contribution in [1.82, 2.24) is 4.90 Å². The molecular weight excluding hydrogens is 259 g/mol. The lowest BCUT2D eigenvalue weighted by molar-refractivity contribution is 0.0268. The lowest BCUT2D eigenvalue weighted by Gasteiger charge is -2.35. The van der Waals surface area contributed by atoms with E-state index in [2.05, 4.69) is 0 Å². The summed E-state index contributed by atoms with van der Waals surface area (Å²) in [5.41, 5.74) is 6.55. The monoisotopic (exact) mass is 280 g/mol. The Morgan fingerprint density at radius 3 is 2.65 bits per heavy atom. The van der Waals surface area contributed by atoms with Gasteiger partial charge in [-0.15, -0.1) is 0 Å². The summed E-state index contributed by atoms with van der Waals surface area (Å²) in [5.74, 6) is -0.785. The van der Waals surface area contributed by atoms with Crippen molar-refractivity contribution in [2.45, 2.75) is 44.8 Å². The van der Waals surface area contributed by atoms with Gasteiger partial charge >= 0.3 is 0 Å². The molecule has 110 valence electrons. The van der Waals surface area contributed by atoms with Gasteiger partial charge in [0.15, 0.2) is 0 Å². The summed E-state index contributed by atoms with van der Waals surface area (Å²) in [6, 6.07) is 2.49. The van der Waals surface area contributed by atoms with E-state index in [1.54, 1.807) is 14.0 Å². The number of nitrogens with zero attached hydrogens (tertiary/aromatic N) is 1. The molecule has 5 heteroatoms. The summed E-state index contributed by atoms with van der Waals surface area (Å²) < 4.78 is 13.7. The molecule has 1 aromatic carbocycles. The zero-order valence-corrected chi connectivity index (χ0v) is 11.9. The first kappa shape index (κ1) is 14.8. The van der Waals surface area contributed by atoms with Crippen molar-refractivity contribution in [3.63, 3.8) is 0 Å². The molecule has 0 spiro atoms. The Balaban J connectivity index is 2.22. The van der Waals surface area contributed by atoms with E-state index < -0.39 is 11.9 Å². The largest absolute Gasteiger partial charge is 0.398 e. The fourth-order valence-electron chi connectivity index (χ4n) is 2.72. The second-order valence-electron chi connectivity index (χ2n) is 5.51. The van der Waals surface area contributed by atoms with Gasteiger partial charge in [0.25, 0.3) is 5.91 Å². The van der Waals surface area contributed by atoms with Gasteiger partial charge in [0, 0.05) is 23.9 Å². The third-order valence-electron chi connectivity index (χ3n) is 4.14. The van der Waals surface area contributed by atoms with E-state index in [0.717, 1.165) is 19.3 Å². The predicted octanol–water partition coefficient (Wildman–Crippen LogP) is 2.09. The molecule has 2 rings (SSSR count). The predicted molar refractivity (Wildman–Crippen MR) is 75.9 cm³/mol. The Labute approximate surface area is 118 Å². The van der Waals surface area contributed by atoms with E-state index in [-0.39, 0.29) is 23.2 Å². The lowest BCUT2D eigenvalue weighted by atomic mass is 9.91. The van der Waals surface area contributed by atoms with Crippen LogP contribution in [0.5, 0.6) is 0 Å². The minimum atomic E-state index is -0.509. The Morgan fingerprint density at radius 2 is 2.05 bits per heavy atom. The van der Waals surface area contributed by atoms with Gasteiger partial charge in [-0.25, -0.2) is 4.39 Å². The normalized spacial score (nSPS) is 22.6. The summed E-state index contributed by atoms with van der Waals surface area (Å²) in [4.78, 5) is 13.9. The number of aliphatic hydroxyl groups excluding tert-OH is 1. The van der Waals surface area contributed by atoms with Crippen molar-refractivity contribution in [2.24, 2.45) is 0 Å². The van der Waals surface area contributed by atoms with Crippen LogP contribution in [0.25, 0.3) is 0 Å². The van der Waals surface area contributed by atoms with E-state index in [4.69, 9.17) is 5.73 Å². The first-order chi connectivity index (χ1) is 9.41. The lowest BCUT2D eigenvalue weighted by Crippen LogP contribution is -2.46. The van der Waals surface area contributed by atoms with Crippen LogP contribution in [-0.4, -0.2) is 35.1 Å². The molecule has 1 fully saturated rings. The van der Waals surface area contributed by atoms with E-state index in [1.165, 1.54) is 17.0 Å². The van der Waals surface area contributed by atoms with Crippen LogP contribution in [-0.2, 0) is 0 Å². The summed E-state index contributed by atoms with van der Waals surface area (Å²) in [6.45, 7) is 1.58. The van der Waals surface area contributed by atoms with Crippen molar-refractivity contribution in [3.05, 3.63) is 29.1 Å². The molecule has 0 saturated heterocycles. The molecule has 3 N–H and O–H groups in total. The van der Waals surface area contributed by atoms with E-state index in [0.29, 0.717) is 12.0 Å². The smallest absolute Gasteiger partial charge is 0.254 e. The standard InChI is InChI=1S/C15H21FN2O2/c1-9-11(16)7-10(8-12(9)17)15(20)18(2)13-5-3-4-6-14(13)19/h7-8,13-14,19H,3-6,17H2,1-2H3. The summed E-state index contributed by atoms with van der Waals surface area (Å²) in [6.07, 6.45) is 2.93. The molecule has 20 heavy (non-hydrogen) atoms. The van der Waals surface area contributed by atoms with Gasteiger partial charge in [0.05, 0.1) is 12.1 Å². The molecule has 0 bridgehead atoms. The number of nitrogen functional groups attached to an aromatic ring is 1. The van der Waals surface area contributed by atoms with Gasteiger partial charge in [-0.1, -0.05) is 12.8 Å². The van der Waals surface area contributed by atoms with E-state index >= 15 is 0 Å². The number of rotatable bonds is 2. The van der Waals surface area contributed by atoms with Crippen molar-refractivity contribution in [1.29, 1.82) is 0 Å². The quantitative estimate of drug-likeness (QED) is 0.815. The maximum absolute atomic E-state index is 13.7. The first-order valence-electron chi connectivity index (χ1n) is 6.92. The van der Waals surface area contributed by atoms with Crippen molar-refractivity contribution >= 4 is 11.6 Å². The fourth-order valence-corrected chi connectivity index (χ4v) is 2.72. The zero-order valence-electron chi connectivity index (χ0n) is 11.9. The minimum Gasteiger partial charge on any atom is -0.398 e. The van der Waals surface area contributed by atoms with Gasteiger partial charge in [-0.3, -0.25) is 4.79 Å². The molecule has 1 aliphatic carbocycles. The molecule has 0 radical (unpaired) electrons. The second-order valence-corrected chi connectivity index (χ2v) is 5.51. The Hall–Kier alpha value is -1.62. The number of carbonyl (C=O) groups is 1. The summed E-state index contributed by atoms with van der Waals surface area (Å²) >= 11 is 0. The summed E-state index contributed by atoms with van der Waals surface area (Å²) in [7, 11) is 1.65. The summed E-state index contributed by atoms with van der Waals surface area (Å²) in [5, 5.41) is 10.00. The molecule has 4 nitrogen and oxygen atoms in total. The second kappa shape index (κ2) is 5.79. The Kier molecular flexibility index (Phi) is 4.28. The first-order valence-corrected chi connectivity index (χ1v) is 6.92. The van der Waals surface area contributed by atoms with Crippen LogP contribution >= 0.6 is 0 Å². The molecule has 0 heterocycles. The number of nitrogens with two attached hydrogens (primary N) is 1. The van der Waals surface area contributed by atoms with Crippen LogP contribution in [0, 0.1) is 12.7 Å². The number of aliphatic hydroxyl groups is 1. The SMILES string of the molecule is Cc1c(N)cc(C(=O)N(C)C2CCCCC2O)cc1F. The highest BCUT2D eigenvalue weighted by Gasteiger charge is 2.30. The molecular formula is C15H21FN2O2.